The first-order chi connectivity index (χ1) is 12.4. The predicted octanol–water partition coefficient (Wildman–Crippen LogP) is 4.18. The van der Waals surface area contributed by atoms with Gasteiger partial charge in [0.2, 0.25) is 5.91 Å². The Bertz CT molecular complexity index is 704. The third-order valence-electron chi connectivity index (χ3n) is 4.91. The minimum absolute atomic E-state index is 0.235. The van der Waals surface area contributed by atoms with Gasteiger partial charge in [0.15, 0.2) is 0 Å². The van der Waals surface area contributed by atoms with E-state index in [-0.39, 0.29) is 5.91 Å². The summed E-state index contributed by atoms with van der Waals surface area (Å²) in [7, 11) is 0. The van der Waals surface area contributed by atoms with Gasteiger partial charge in [-0.2, -0.15) is 5.10 Å². The summed E-state index contributed by atoms with van der Waals surface area (Å²) < 4.78 is 2.09. The molecule has 26 heavy (non-hydrogen) atoms. The number of carbonyl (C=O) groups excluding carboxylic acids is 1. The van der Waals surface area contributed by atoms with Crippen LogP contribution < -0.4 is 0 Å². The van der Waals surface area contributed by atoms with Crippen LogP contribution in [-0.4, -0.2) is 33.7 Å². The van der Waals surface area contributed by atoms with Gasteiger partial charge in [0.25, 0.3) is 0 Å². The summed E-state index contributed by atoms with van der Waals surface area (Å²) in [6.45, 7) is 13.1. The maximum atomic E-state index is 12.7. The van der Waals surface area contributed by atoms with Crippen LogP contribution in [0.1, 0.15) is 49.7 Å². The first-order valence-corrected chi connectivity index (χ1v) is 9.77. The molecule has 0 radical (unpaired) electrons. The molecule has 0 saturated carbocycles. The molecular formula is C22H33N3O. The fraction of sp³-hybridized carbons (Fsp3) is 0.545. The van der Waals surface area contributed by atoms with Crippen molar-refractivity contribution in [2.45, 2.75) is 60.4 Å². The molecule has 1 aromatic heterocycles. The van der Waals surface area contributed by atoms with E-state index in [0.717, 1.165) is 38.2 Å². The smallest absolute Gasteiger partial charge is 0.222 e. The van der Waals surface area contributed by atoms with Crippen molar-refractivity contribution in [3.63, 3.8) is 0 Å². The largest absolute Gasteiger partial charge is 0.343 e. The van der Waals surface area contributed by atoms with E-state index in [0.29, 0.717) is 12.3 Å². The molecular weight excluding hydrogens is 322 g/mol. The van der Waals surface area contributed by atoms with Gasteiger partial charge in [-0.25, -0.2) is 0 Å². The second-order valence-electron chi connectivity index (χ2n) is 7.43. The van der Waals surface area contributed by atoms with Crippen molar-refractivity contribution in [2.75, 3.05) is 13.1 Å². The number of carbonyl (C=O) groups is 1. The molecule has 0 aliphatic carbocycles. The summed E-state index contributed by atoms with van der Waals surface area (Å²) in [5.74, 6) is 0.801. The highest BCUT2D eigenvalue weighted by molar-refractivity contribution is 5.76. The molecule has 0 aliphatic rings. The monoisotopic (exact) mass is 355 g/mol. The standard InChI is InChI=1S/C22H33N3O/c1-6-24(15-14-20-10-8-7-9-11-20)22(26)13-12-21-18(4)23-25(19(21)5)16-17(2)3/h7-11,17H,6,12-16H2,1-5H3. The van der Waals surface area contributed by atoms with Gasteiger partial charge >= 0.3 is 0 Å². The number of benzene rings is 1. The van der Waals surface area contributed by atoms with E-state index in [4.69, 9.17) is 0 Å². The average Bonchev–Trinajstić information content (AvgIpc) is 2.87. The number of nitrogens with zero attached hydrogens (tertiary/aromatic N) is 3. The lowest BCUT2D eigenvalue weighted by Gasteiger charge is -2.21. The fourth-order valence-electron chi connectivity index (χ4n) is 3.38. The predicted molar refractivity (Wildman–Crippen MR) is 107 cm³/mol. The lowest BCUT2D eigenvalue weighted by atomic mass is 10.1. The van der Waals surface area contributed by atoms with Crippen LogP contribution in [0.2, 0.25) is 0 Å². The highest BCUT2D eigenvalue weighted by atomic mass is 16.2. The number of likely N-dealkylation sites (N-methyl/N-ethyl adjacent to an activating group) is 1. The number of hydrogen-bond acceptors (Lipinski definition) is 2. The van der Waals surface area contributed by atoms with Crippen LogP contribution in [0.15, 0.2) is 30.3 Å². The molecule has 1 amide bonds. The van der Waals surface area contributed by atoms with Gasteiger partial charge in [-0.3, -0.25) is 9.48 Å². The third kappa shape index (κ3) is 5.45. The normalized spacial score (nSPS) is 11.2. The molecule has 2 aromatic rings. The van der Waals surface area contributed by atoms with E-state index in [2.05, 4.69) is 56.5 Å². The van der Waals surface area contributed by atoms with Gasteiger partial charge in [0.05, 0.1) is 5.69 Å². The number of rotatable bonds is 9. The lowest BCUT2D eigenvalue weighted by molar-refractivity contribution is -0.130. The Morgan fingerprint density at radius 1 is 1.15 bits per heavy atom. The summed E-state index contributed by atoms with van der Waals surface area (Å²) >= 11 is 0. The Balaban J connectivity index is 1.93. The van der Waals surface area contributed by atoms with Crippen LogP contribution in [0.5, 0.6) is 0 Å². The molecule has 1 aromatic carbocycles. The number of amides is 1. The van der Waals surface area contributed by atoms with Gasteiger partial charge in [-0.1, -0.05) is 44.2 Å². The van der Waals surface area contributed by atoms with E-state index in [1.54, 1.807) is 0 Å². The average molecular weight is 356 g/mol. The van der Waals surface area contributed by atoms with Crippen LogP contribution in [0.4, 0.5) is 0 Å². The van der Waals surface area contributed by atoms with Crippen molar-refractivity contribution in [2.24, 2.45) is 5.92 Å². The van der Waals surface area contributed by atoms with Crippen molar-refractivity contribution in [1.29, 1.82) is 0 Å². The van der Waals surface area contributed by atoms with E-state index in [9.17, 15) is 4.79 Å². The molecule has 1 heterocycles. The summed E-state index contributed by atoms with van der Waals surface area (Å²) in [6, 6.07) is 10.4. The van der Waals surface area contributed by atoms with Crippen molar-refractivity contribution in [3.8, 4) is 0 Å². The second kappa shape index (κ2) is 9.56. The van der Waals surface area contributed by atoms with Crippen molar-refractivity contribution in [1.82, 2.24) is 14.7 Å². The Labute approximate surface area is 158 Å². The summed E-state index contributed by atoms with van der Waals surface area (Å²) in [4.78, 5) is 14.6. The Morgan fingerprint density at radius 2 is 1.85 bits per heavy atom. The molecule has 0 unspecified atom stereocenters. The molecule has 0 aliphatic heterocycles. The molecule has 0 fully saturated rings. The minimum atomic E-state index is 0.235. The molecule has 2 rings (SSSR count). The van der Waals surface area contributed by atoms with Gasteiger partial charge in [-0.15, -0.1) is 0 Å². The molecule has 0 spiro atoms. The lowest BCUT2D eigenvalue weighted by Crippen LogP contribution is -2.32. The van der Waals surface area contributed by atoms with Crippen molar-refractivity contribution < 1.29 is 4.79 Å². The zero-order valence-corrected chi connectivity index (χ0v) is 17.0. The second-order valence-corrected chi connectivity index (χ2v) is 7.43. The first kappa shape index (κ1) is 20.2. The van der Waals surface area contributed by atoms with E-state index < -0.39 is 0 Å². The molecule has 0 atom stereocenters. The summed E-state index contributed by atoms with van der Waals surface area (Å²) in [5, 5.41) is 4.66. The molecule has 0 saturated heterocycles. The van der Waals surface area contributed by atoms with Gasteiger partial charge in [0.1, 0.15) is 0 Å². The van der Waals surface area contributed by atoms with Crippen LogP contribution in [0.25, 0.3) is 0 Å². The van der Waals surface area contributed by atoms with E-state index in [1.807, 2.05) is 23.1 Å². The maximum Gasteiger partial charge on any atom is 0.222 e. The van der Waals surface area contributed by atoms with Crippen molar-refractivity contribution in [3.05, 3.63) is 52.8 Å². The quantitative estimate of drug-likeness (QED) is 0.677. The zero-order valence-electron chi connectivity index (χ0n) is 17.0. The molecule has 142 valence electrons. The van der Waals surface area contributed by atoms with Crippen molar-refractivity contribution >= 4 is 5.91 Å². The Hall–Kier alpha value is -2.10. The van der Waals surface area contributed by atoms with Gasteiger partial charge < -0.3 is 4.90 Å². The highest BCUT2D eigenvalue weighted by Gasteiger charge is 2.16. The molecule has 4 heteroatoms. The fourth-order valence-corrected chi connectivity index (χ4v) is 3.38. The van der Waals surface area contributed by atoms with Crippen LogP contribution in [-0.2, 0) is 24.2 Å². The SMILES string of the molecule is CCN(CCc1ccccc1)C(=O)CCc1c(C)nn(CC(C)C)c1C. The minimum Gasteiger partial charge on any atom is -0.343 e. The molecule has 4 nitrogen and oxygen atoms in total. The zero-order chi connectivity index (χ0) is 19.1. The van der Waals surface area contributed by atoms with E-state index in [1.165, 1.54) is 16.8 Å². The number of hydrogen-bond donors (Lipinski definition) is 0. The summed E-state index contributed by atoms with van der Waals surface area (Å²) in [5.41, 5.74) is 4.78. The van der Waals surface area contributed by atoms with E-state index >= 15 is 0 Å². The van der Waals surface area contributed by atoms with Gasteiger partial charge in [-0.05, 0) is 50.7 Å². The number of aryl methyl sites for hydroxylation is 1. The maximum absolute atomic E-state index is 12.7. The Morgan fingerprint density at radius 3 is 2.46 bits per heavy atom. The topological polar surface area (TPSA) is 38.1 Å². The van der Waals surface area contributed by atoms with Crippen LogP contribution >= 0.6 is 0 Å². The van der Waals surface area contributed by atoms with Crippen LogP contribution in [0.3, 0.4) is 0 Å². The summed E-state index contributed by atoms with van der Waals surface area (Å²) in [6.07, 6.45) is 2.24. The van der Waals surface area contributed by atoms with Gasteiger partial charge in [0, 0.05) is 31.7 Å². The highest BCUT2D eigenvalue weighted by Crippen LogP contribution is 2.17. The molecule has 0 N–H and O–H groups in total. The molecule has 0 bridgehead atoms. The number of aromatic nitrogens is 2. The Kier molecular flexibility index (Phi) is 7.43. The van der Waals surface area contributed by atoms with Crippen LogP contribution in [0, 0.1) is 19.8 Å². The third-order valence-corrected chi connectivity index (χ3v) is 4.91. The first-order valence-electron chi connectivity index (χ1n) is 9.77.